The van der Waals surface area contributed by atoms with E-state index in [0.29, 0.717) is 52.3 Å². The van der Waals surface area contributed by atoms with Gasteiger partial charge in [-0.1, -0.05) is 41.4 Å². The molecule has 0 aliphatic rings. The Labute approximate surface area is 209 Å². The Bertz CT molecular complexity index is 1070. The Kier molecular flexibility index (Phi) is 10.6. The maximum absolute atomic E-state index is 12.5. The SMILES string of the molecule is C/C=C(/C(=O)O)C(=O)/C=C(\C)c1cc(Cl)c(OCCCOC)cc1OC(C)c1ccc(Cl)cc1. The average Bonchev–Trinajstić information content (AvgIpc) is 2.78. The number of carboxylic acid groups (broad SMARTS) is 1. The molecule has 0 amide bonds. The summed E-state index contributed by atoms with van der Waals surface area (Å²) in [5.41, 5.74) is 1.62. The molecule has 6 nitrogen and oxygen atoms in total. The quantitative estimate of drug-likeness (QED) is 0.152. The Balaban J connectivity index is 2.45. The first kappa shape index (κ1) is 27.4. The molecule has 0 spiro atoms. The number of hydrogen-bond acceptors (Lipinski definition) is 5. The highest BCUT2D eigenvalue weighted by Crippen LogP contribution is 2.38. The highest BCUT2D eigenvalue weighted by Gasteiger charge is 2.19. The van der Waals surface area contributed by atoms with Gasteiger partial charge in [-0.15, -0.1) is 0 Å². The summed E-state index contributed by atoms with van der Waals surface area (Å²) >= 11 is 12.5. The molecule has 2 aromatic carbocycles. The number of benzene rings is 2. The van der Waals surface area contributed by atoms with E-state index in [4.69, 9.17) is 37.4 Å². The van der Waals surface area contributed by atoms with Gasteiger partial charge in [0.2, 0.25) is 0 Å². The smallest absolute Gasteiger partial charge is 0.339 e. The lowest BCUT2D eigenvalue weighted by Crippen LogP contribution is -2.10. The molecule has 0 bridgehead atoms. The summed E-state index contributed by atoms with van der Waals surface area (Å²) in [5, 5.41) is 10.2. The van der Waals surface area contributed by atoms with Crippen LogP contribution in [0.5, 0.6) is 11.5 Å². The summed E-state index contributed by atoms with van der Waals surface area (Å²) in [5.74, 6) is -1.05. The third-order valence-corrected chi connectivity index (χ3v) is 5.53. The van der Waals surface area contributed by atoms with Crippen molar-refractivity contribution in [1.82, 2.24) is 0 Å². The summed E-state index contributed by atoms with van der Waals surface area (Å²) in [6, 6.07) is 10.6. The number of carbonyl (C=O) groups is 2. The number of carboxylic acids is 1. The van der Waals surface area contributed by atoms with E-state index in [9.17, 15) is 14.7 Å². The fourth-order valence-corrected chi connectivity index (χ4v) is 3.50. The fraction of sp³-hybridized carbons (Fsp3) is 0.308. The molecule has 182 valence electrons. The van der Waals surface area contributed by atoms with Crippen LogP contribution in [0.3, 0.4) is 0 Å². The van der Waals surface area contributed by atoms with E-state index in [0.717, 1.165) is 5.56 Å². The van der Waals surface area contributed by atoms with Gasteiger partial charge in [0.25, 0.3) is 0 Å². The highest BCUT2D eigenvalue weighted by molar-refractivity contribution is 6.32. The normalized spacial score (nSPS) is 12.9. The Morgan fingerprint density at radius 2 is 1.76 bits per heavy atom. The third kappa shape index (κ3) is 7.62. The fourth-order valence-electron chi connectivity index (χ4n) is 3.15. The van der Waals surface area contributed by atoms with Gasteiger partial charge in [-0.05, 0) is 56.2 Å². The van der Waals surface area contributed by atoms with E-state index in [1.807, 2.05) is 19.1 Å². The molecule has 0 aliphatic heterocycles. The summed E-state index contributed by atoms with van der Waals surface area (Å²) in [7, 11) is 1.62. The van der Waals surface area contributed by atoms with E-state index in [2.05, 4.69) is 0 Å². The van der Waals surface area contributed by atoms with Crippen molar-refractivity contribution in [1.29, 1.82) is 0 Å². The Morgan fingerprint density at radius 3 is 2.35 bits per heavy atom. The third-order valence-electron chi connectivity index (χ3n) is 4.98. The molecule has 0 heterocycles. The molecule has 1 atom stereocenters. The van der Waals surface area contributed by atoms with Gasteiger partial charge in [-0.3, -0.25) is 4.79 Å². The first-order valence-electron chi connectivity index (χ1n) is 10.7. The topological polar surface area (TPSA) is 82.1 Å². The van der Waals surface area contributed by atoms with Crippen LogP contribution >= 0.6 is 23.2 Å². The van der Waals surface area contributed by atoms with Crippen LogP contribution in [0.4, 0.5) is 0 Å². The monoisotopic (exact) mass is 506 g/mol. The van der Waals surface area contributed by atoms with Crippen molar-refractivity contribution in [3.05, 3.63) is 75.3 Å². The molecule has 0 saturated heterocycles. The van der Waals surface area contributed by atoms with Crippen LogP contribution in [0.1, 0.15) is 44.4 Å². The second-order valence-electron chi connectivity index (χ2n) is 7.48. The maximum Gasteiger partial charge on any atom is 0.339 e. The van der Waals surface area contributed by atoms with Gasteiger partial charge in [-0.25, -0.2) is 4.79 Å². The number of aliphatic carboxylic acids is 1. The zero-order chi connectivity index (χ0) is 25.3. The number of halogens is 2. The standard InChI is InChI=1S/C26H28Cl2O6/c1-5-20(26(30)31)23(29)13-16(2)21-14-22(28)25(33-12-6-11-32-4)15-24(21)34-17(3)18-7-9-19(27)10-8-18/h5,7-10,13-15,17H,6,11-12H2,1-4H3,(H,30,31)/b16-13+,20-5+. The predicted octanol–water partition coefficient (Wildman–Crippen LogP) is 6.55. The van der Waals surface area contributed by atoms with E-state index < -0.39 is 11.8 Å². The van der Waals surface area contributed by atoms with Crippen LogP contribution in [0, 0.1) is 0 Å². The summed E-state index contributed by atoms with van der Waals surface area (Å²) in [6.45, 7) is 6.02. The average molecular weight is 507 g/mol. The first-order chi connectivity index (χ1) is 16.2. The van der Waals surface area contributed by atoms with E-state index >= 15 is 0 Å². The van der Waals surface area contributed by atoms with Crippen LogP contribution in [-0.2, 0) is 14.3 Å². The molecule has 0 aliphatic carbocycles. The van der Waals surface area contributed by atoms with Crippen molar-refractivity contribution in [3.63, 3.8) is 0 Å². The van der Waals surface area contributed by atoms with Crippen molar-refractivity contribution in [2.75, 3.05) is 20.3 Å². The molecule has 0 radical (unpaired) electrons. The number of hydrogen-bond donors (Lipinski definition) is 1. The molecule has 0 saturated carbocycles. The first-order valence-corrected chi connectivity index (χ1v) is 11.4. The minimum Gasteiger partial charge on any atom is -0.492 e. The van der Waals surface area contributed by atoms with Gasteiger partial charge in [-0.2, -0.15) is 0 Å². The second-order valence-corrected chi connectivity index (χ2v) is 8.33. The number of ether oxygens (including phenoxy) is 3. The molecular formula is C26H28Cl2O6. The van der Waals surface area contributed by atoms with Crippen LogP contribution in [0.2, 0.25) is 10.0 Å². The lowest BCUT2D eigenvalue weighted by Gasteiger charge is -2.20. The van der Waals surface area contributed by atoms with Crippen molar-refractivity contribution in [3.8, 4) is 11.5 Å². The van der Waals surface area contributed by atoms with Gasteiger partial charge in [0.1, 0.15) is 23.2 Å². The lowest BCUT2D eigenvalue weighted by atomic mass is 10.0. The number of allylic oxidation sites excluding steroid dienone is 3. The molecule has 2 aromatic rings. The Hall–Kier alpha value is -2.80. The number of methoxy groups -OCH3 is 1. The van der Waals surface area contributed by atoms with Crippen molar-refractivity contribution in [2.45, 2.75) is 33.3 Å². The van der Waals surface area contributed by atoms with E-state index in [-0.39, 0.29) is 11.7 Å². The van der Waals surface area contributed by atoms with Crippen molar-refractivity contribution >= 4 is 40.5 Å². The zero-order valence-corrected chi connectivity index (χ0v) is 21.1. The largest absolute Gasteiger partial charge is 0.492 e. The van der Waals surface area contributed by atoms with Gasteiger partial charge in [0.05, 0.1) is 11.6 Å². The minimum absolute atomic E-state index is 0.319. The van der Waals surface area contributed by atoms with Gasteiger partial charge >= 0.3 is 5.97 Å². The molecule has 8 heteroatoms. The molecule has 34 heavy (non-hydrogen) atoms. The maximum atomic E-state index is 12.5. The van der Waals surface area contributed by atoms with E-state index in [1.165, 1.54) is 19.1 Å². The van der Waals surface area contributed by atoms with Crippen LogP contribution in [-0.4, -0.2) is 37.2 Å². The van der Waals surface area contributed by atoms with Crippen molar-refractivity contribution < 1.29 is 28.9 Å². The highest BCUT2D eigenvalue weighted by atomic mass is 35.5. The van der Waals surface area contributed by atoms with E-state index in [1.54, 1.807) is 38.3 Å². The van der Waals surface area contributed by atoms with Crippen LogP contribution < -0.4 is 9.47 Å². The molecular weight excluding hydrogens is 479 g/mol. The van der Waals surface area contributed by atoms with Crippen LogP contribution in [0.15, 0.2) is 54.1 Å². The summed E-state index contributed by atoms with van der Waals surface area (Å²) in [4.78, 5) is 23.8. The molecule has 0 fully saturated rings. The summed E-state index contributed by atoms with van der Waals surface area (Å²) < 4.78 is 17.1. The lowest BCUT2D eigenvalue weighted by molar-refractivity contribution is -0.134. The minimum atomic E-state index is -1.29. The van der Waals surface area contributed by atoms with Gasteiger partial charge in [0.15, 0.2) is 5.78 Å². The number of rotatable bonds is 12. The van der Waals surface area contributed by atoms with Crippen molar-refractivity contribution in [2.24, 2.45) is 0 Å². The van der Waals surface area contributed by atoms with Crippen LogP contribution in [0.25, 0.3) is 5.57 Å². The summed E-state index contributed by atoms with van der Waals surface area (Å²) in [6.07, 6.45) is 2.85. The molecule has 0 aromatic heterocycles. The zero-order valence-electron chi connectivity index (χ0n) is 19.6. The molecule has 1 N–H and O–H groups in total. The predicted molar refractivity (Wildman–Crippen MR) is 134 cm³/mol. The second kappa shape index (κ2) is 13.2. The van der Waals surface area contributed by atoms with Gasteiger partial charge in [0, 0.05) is 36.8 Å². The number of carbonyl (C=O) groups excluding carboxylic acids is 1. The Morgan fingerprint density at radius 1 is 1.09 bits per heavy atom. The molecule has 1 unspecified atom stereocenters. The number of ketones is 1. The van der Waals surface area contributed by atoms with Gasteiger partial charge < -0.3 is 19.3 Å². The molecule has 2 rings (SSSR count).